The predicted octanol–water partition coefficient (Wildman–Crippen LogP) is 3.32. The van der Waals surface area contributed by atoms with E-state index >= 15 is 0 Å². The van der Waals surface area contributed by atoms with Crippen LogP contribution in [0.2, 0.25) is 0 Å². The fourth-order valence-electron chi connectivity index (χ4n) is 3.42. The van der Waals surface area contributed by atoms with E-state index in [-0.39, 0.29) is 0 Å². The van der Waals surface area contributed by atoms with Crippen molar-refractivity contribution in [2.75, 3.05) is 40.5 Å². The Bertz CT molecular complexity index is 795. The average molecular weight is 399 g/mol. The first-order valence-corrected chi connectivity index (χ1v) is 10.0. The standard InChI is InChI=1S/C22H30N4O3/c1-4-28-19-5-7-20(8-6-19)29-21-13-17(9-11-24-21)14-25-22(23-2)26-12-10-18(15-26)16-27-3/h5-9,11,13,18H,4,10,12,14-16H2,1-3H3,(H,23,25). The fourth-order valence-corrected chi connectivity index (χ4v) is 3.42. The number of nitrogens with zero attached hydrogens (tertiary/aromatic N) is 3. The van der Waals surface area contributed by atoms with Crippen LogP contribution in [0.4, 0.5) is 0 Å². The molecule has 1 aliphatic heterocycles. The molecule has 1 aromatic heterocycles. The third kappa shape index (κ3) is 6.09. The lowest BCUT2D eigenvalue weighted by Crippen LogP contribution is -2.39. The summed E-state index contributed by atoms with van der Waals surface area (Å²) in [6.07, 6.45) is 2.89. The predicted molar refractivity (Wildman–Crippen MR) is 114 cm³/mol. The van der Waals surface area contributed by atoms with Gasteiger partial charge in [0, 0.05) is 52.0 Å². The summed E-state index contributed by atoms with van der Waals surface area (Å²) in [5.41, 5.74) is 1.08. The van der Waals surface area contributed by atoms with Crippen LogP contribution < -0.4 is 14.8 Å². The van der Waals surface area contributed by atoms with Crippen LogP contribution in [-0.2, 0) is 11.3 Å². The van der Waals surface area contributed by atoms with Crippen molar-refractivity contribution in [3.8, 4) is 17.4 Å². The lowest BCUT2D eigenvalue weighted by atomic mass is 10.1. The number of nitrogens with one attached hydrogen (secondary N) is 1. The van der Waals surface area contributed by atoms with E-state index in [0.717, 1.165) is 49.1 Å². The number of benzene rings is 1. The number of hydrogen-bond acceptors (Lipinski definition) is 5. The topological polar surface area (TPSA) is 68.2 Å². The molecule has 0 radical (unpaired) electrons. The van der Waals surface area contributed by atoms with Crippen molar-refractivity contribution in [3.05, 3.63) is 48.2 Å². The monoisotopic (exact) mass is 398 g/mol. The Labute approximate surface area is 172 Å². The van der Waals surface area contributed by atoms with Gasteiger partial charge in [0.05, 0.1) is 13.2 Å². The van der Waals surface area contributed by atoms with Gasteiger partial charge < -0.3 is 24.4 Å². The summed E-state index contributed by atoms with van der Waals surface area (Å²) in [5, 5.41) is 3.44. The van der Waals surface area contributed by atoms with E-state index in [9.17, 15) is 0 Å². The van der Waals surface area contributed by atoms with E-state index < -0.39 is 0 Å². The summed E-state index contributed by atoms with van der Waals surface area (Å²) >= 11 is 0. The molecule has 2 aromatic rings. The van der Waals surface area contributed by atoms with Gasteiger partial charge in [0.15, 0.2) is 5.96 Å². The zero-order valence-corrected chi connectivity index (χ0v) is 17.4. The van der Waals surface area contributed by atoms with Crippen LogP contribution in [0.1, 0.15) is 18.9 Å². The molecule has 0 amide bonds. The molecule has 1 saturated heterocycles. The molecule has 0 bridgehead atoms. The number of rotatable bonds is 8. The second kappa shape index (κ2) is 10.7. The smallest absolute Gasteiger partial charge is 0.219 e. The number of methoxy groups -OCH3 is 1. The molecule has 2 heterocycles. The molecular weight excluding hydrogens is 368 g/mol. The van der Waals surface area contributed by atoms with Crippen molar-refractivity contribution >= 4 is 5.96 Å². The minimum atomic E-state index is 0.560. The van der Waals surface area contributed by atoms with E-state index in [1.807, 2.05) is 50.4 Å². The third-order valence-electron chi connectivity index (χ3n) is 4.81. The average Bonchev–Trinajstić information content (AvgIpc) is 3.19. The maximum absolute atomic E-state index is 5.88. The van der Waals surface area contributed by atoms with Gasteiger partial charge in [-0.05, 0) is 49.2 Å². The number of aromatic nitrogens is 1. The Balaban J connectivity index is 1.55. The molecule has 156 valence electrons. The summed E-state index contributed by atoms with van der Waals surface area (Å²) < 4.78 is 16.6. The Morgan fingerprint density at radius 1 is 1.24 bits per heavy atom. The first-order valence-electron chi connectivity index (χ1n) is 10.0. The highest BCUT2D eigenvalue weighted by Gasteiger charge is 2.24. The lowest BCUT2D eigenvalue weighted by Gasteiger charge is -2.21. The molecule has 0 spiro atoms. The zero-order valence-electron chi connectivity index (χ0n) is 17.4. The van der Waals surface area contributed by atoms with Crippen molar-refractivity contribution < 1.29 is 14.2 Å². The van der Waals surface area contributed by atoms with E-state index in [4.69, 9.17) is 14.2 Å². The fraction of sp³-hybridized carbons (Fsp3) is 0.455. The summed E-state index contributed by atoms with van der Waals surface area (Å²) in [6, 6.07) is 11.5. The largest absolute Gasteiger partial charge is 0.494 e. The summed E-state index contributed by atoms with van der Waals surface area (Å²) in [6.45, 7) is 6.02. The van der Waals surface area contributed by atoms with Gasteiger partial charge >= 0.3 is 0 Å². The zero-order chi connectivity index (χ0) is 20.5. The number of hydrogen-bond donors (Lipinski definition) is 1. The second-order valence-electron chi connectivity index (χ2n) is 6.97. The van der Waals surface area contributed by atoms with Gasteiger partial charge in [-0.3, -0.25) is 4.99 Å². The van der Waals surface area contributed by atoms with Gasteiger partial charge in [0.2, 0.25) is 5.88 Å². The van der Waals surface area contributed by atoms with E-state index in [0.29, 0.717) is 24.9 Å². The summed E-state index contributed by atoms with van der Waals surface area (Å²) in [5.74, 6) is 3.59. The van der Waals surface area contributed by atoms with Crippen LogP contribution in [0.3, 0.4) is 0 Å². The Hall–Kier alpha value is -2.80. The van der Waals surface area contributed by atoms with Crippen molar-refractivity contribution in [2.45, 2.75) is 19.9 Å². The van der Waals surface area contributed by atoms with Crippen LogP contribution in [0.25, 0.3) is 0 Å². The molecule has 1 unspecified atom stereocenters. The van der Waals surface area contributed by atoms with Crippen molar-refractivity contribution in [2.24, 2.45) is 10.9 Å². The number of guanidine groups is 1. The van der Waals surface area contributed by atoms with E-state index in [1.54, 1.807) is 13.3 Å². The van der Waals surface area contributed by atoms with Crippen LogP contribution in [-0.4, -0.2) is 56.3 Å². The summed E-state index contributed by atoms with van der Waals surface area (Å²) in [7, 11) is 3.57. The Kier molecular flexibility index (Phi) is 7.69. The van der Waals surface area contributed by atoms with Gasteiger partial charge in [-0.1, -0.05) is 0 Å². The maximum Gasteiger partial charge on any atom is 0.219 e. The van der Waals surface area contributed by atoms with Crippen molar-refractivity contribution in [1.29, 1.82) is 0 Å². The molecular formula is C22H30N4O3. The lowest BCUT2D eigenvalue weighted by molar-refractivity contribution is 0.157. The molecule has 1 aliphatic rings. The third-order valence-corrected chi connectivity index (χ3v) is 4.81. The SMILES string of the molecule is CCOc1ccc(Oc2cc(CNC(=NC)N3CCC(COC)C3)ccn2)cc1. The quantitative estimate of drug-likeness (QED) is 0.544. The number of aliphatic imine (C=N–C) groups is 1. The highest BCUT2D eigenvalue weighted by atomic mass is 16.5. The second-order valence-corrected chi connectivity index (χ2v) is 6.97. The van der Waals surface area contributed by atoms with Gasteiger partial charge in [0.1, 0.15) is 11.5 Å². The molecule has 0 aliphatic carbocycles. The van der Waals surface area contributed by atoms with Gasteiger partial charge in [-0.15, -0.1) is 0 Å². The minimum absolute atomic E-state index is 0.560. The van der Waals surface area contributed by atoms with Crippen molar-refractivity contribution in [1.82, 2.24) is 15.2 Å². The first kappa shape index (κ1) is 20.9. The molecule has 29 heavy (non-hydrogen) atoms. The van der Waals surface area contributed by atoms with Gasteiger partial charge in [0.25, 0.3) is 0 Å². The molecule has 7 nitrogen and oxygen atoms in total. The highest BCUT2D eigenvalue weighted by Crippen LogP contribution is 2.23. The summed E-state index contributed by atoms with van der Waals surface area (Å²) in [4.78, 5) is 11.0. The van der Waals surface area contributed by atoms with Crippen LogP contribution >= 0.6 is 0 Å². The normalized spacial score (nSPS) is 16.7. The number of ether oxygens (including phenoxy) is 3. The van der Waals surface area contributed by atoms with Gasteiger partial charge in [-0.25, -0.2) is 4.98 Å². The first-order chi connectivity index (χ1) is 14.2. The van der Waals surface area contributed by atoms with Crippen LogP contribution in [0.15, 0.2) is 47.6 Å². The van der Waals surface area contributed by atoms with Crippen LogP contribution in [0, 0.1) is 5.92 Å². The van der Waals surface area contributed by atoms with E-state index in [1.165, 1.54) is 0 Å². The maximum atomic E-state index is 5.88. The van der Waals surface area contributed by atoms with Crippen LogP contribution in [0.5, 0.6) is 17.4 Å². The molecule has 3 rings (SSSR count). The Morgan fingerprint density at radius 3 is 2.76 bits per heavy atom. The Morgan fingerprint density at radius 2 is 2.03 bits per heavy atom. The molecule has 0 saturated carbocycles. The van der Waals surface area contributed by atoms with Crippen molar-refractivity contribution in [3.63, 3.8) is 0 Å². The number of pyridine rings is 1. The molecule has 1 atom stereocenters. The molecule has 1 aromatic carbocycles. The molecule has 7 heteroatoms. The molecule has 1 N–H and O–H groups in total. The van der Waals surface area contributed by atoms with Gasteiger partial charge in [-0.2, -0.15) is 0 Å². The number of likely N-dealkylation sites (tertiary alicyclic amines) is 1. The molecule has 1 fully saturated rings. The highest BCUT2D eigenvalue weighted by molar-refractivity contribution is 5.80. The van der Waals surface area contributed by atoms with E-state index in [2.05, 4.69) is 20.2 Å². The minimum Gasteiger partial charge on any atom is -0.494 e.